The molecule has 1 aromatic heterocycles. The molecule has 0 amide bonds. The van der Waals surface area contributed by atoms with Gasteiger partial charge < -0.3 is 18.0 Å². The predicted molar refractivity (Wildman–Crippen MR) is 257 cm³/mol. The lowest BCUT2D eigenvalue weighted by Crippen LogP contribution is -2.61. The maximum Gasteiger partial charge on any atom is 0.268 e. The zero-order chi connectivity index (χ0) is 44.6. The molecule has 2 aromatic carbocycles. The molecule has 332 valence electrons. The van der Waals surface area contributed by atoms with E-state index in [0.717, 1.165) is 10.9 Å². The fraction of sp³-hybridized carbons (Fsp3) is 0.667. The van der Waals surface area contributed by atoms with Gasteiger partial charge in [-0.25, -0.2) is 12.4 Å². The second-order valence-corrected chi connectivity index (χ2v) is 38.3. The van der Waals surface area contributed by atoms with Crippen LogP contribution in [0.1, 0.15) is 136 Å². The fourth-order valence-corrected chi connectivity index (χ4v) is 29.7. The Morgan fingerprint density at radius 2 is 1.05 bits per heavy atom. The maximum absolute atomic E-state index is 14.9. The first-order chi connectivity index (χ1) is 27.3. The second kappa shape index (κ2) is 19.2. The maximum atomic E-state index is 14.9. The van der Waals surface area contributed by atoms with E-state index in [4.69, 9.17) is 18.0 Å². The molecule has 11 heteroatoms. The molecule has 4 rings (SSSR count). The largest absolute Gasteiger partial charge is 0.483 e. The van der Waals surface area contributed by atoms with E-state index >= 15 is 0 Å². The van der Waals surface area contributed by atoms with Gasteiger partial charge in [0.25, 0.3) is 10.0 Å². The van der Waals surface area contributed by atoms with Gasteiger partial charge in [0, 0.05) is 5.39 Å². The zero-order valence-corrected chi connectivity index (χ0v) is 44.0. The summed E-state index contributed by atoms with van der Waals surface area (Å²) in [6.45, 7) is 44.1. The van der Waals surface area contributed by atoms with Gasteiger partial charge in [0.15, 0.2) is 0 Å². The first-order valence-electron chi connectivity index (χ1n) is 22.6. The van der Waals surface area contributed by atoms with E-state index in [9.17, 15) is 8.42 Å². The summed E-state index contributed by atoms with van der Waals surface area (Å²) >= 11 is 0. The Hall–Kier alpha value is -2.00. The summed E-state index contributed by atoms with van der Waals surface area (Å²) < 4.78 is 62.0. The molecule has 0 radical (unpaired) electrons. The van der Waals surface area contributed by atoms with Gasteiger partial charge in [-0.1, -0.05) is 161 Å². The quantitative estimate of drug-likeness (QED) is 0.112. The Morgan fingerprint density at radius 1 is 0.610 bits per heavy atom. The summed E-state index contributed by atoms with van der Waals surface area (Å²) in [5, 5.41) is 0.818. The summed E-state index contributed by atoms with van der Waals surface area (Å²) in [5.74, 6) is 0.492. The van der Waals surface area contributed by atoms with Crippen molar-refractivity contribution in [3.63, 3.8) is 0 Å². The van der Waals surface area contributed by atoms with Crippen LogP contribution in [0, 0.1) is 6.92 Å². The van der Waals surface area contributed by atoms with Crippen LogP contribution in [0.15, 0.2) is 65.6 Å². The van der Waals surface area contributed by atoms with E-state index in [1.165, 1.54) is 3.97 Å². The summed E-state index contributed by atoms with van der Waals surface area (Å²) in [6.07, 6.45) is 0.559. The van der Waals surface area contributed by atoms with E-state index in [2.05, 4.69) is 131 Å². The van der Waals surface area contributed by atoms with Gasteiger partial charge in [0.1, 0.15) is 18.0 Å². The zero-order valence-electron chi connectivity index (χ0n) is 40.2. The number of rotatable bonds is 19. The Labute approximate surface area is 363 Å². The van der Waals surface area contributed by atoms with Crippen LogP contribution in [0.3, 0.4) is 0 Å². The Morgan fingerprint density at radius 3 is 1.51 bits per heavy atom. The van der Waals surface area contributed by atoms with Crippen molar-refractivity contribution in [1.82, 2.24) is 3.97 Å². The summed E-state index contributed by atoms with van der Waals surface area (Å²) in [7, 11) is -11.5. The summed E-state index contributed by atoms with van der Waals surface area (Å²) in [4.78, 5) is 0.227. The Balaban J connectivity index is 2.13. The number of para-hydroxylation sites is 1. The van der Waals surface area contributed by atoms with Crippen molar-refractivity contribution in [1.29, 1.82) is 0 Å². The lowest BCUT2D eigenvalue weighted by Gasteiger charge is -2.52. The summed E-state index contributed by atoms with van der Waals surface area (Å²) in [5.41, 5.74) is 5.12. The minimum absolute atomic E-state index is 0.227. The van der Waals surface area contributed by atoms with Crippen LogP contribution >= 0.6 is 0 Å². The monoisotopic (exact) mass is 884 g/mol. The molecule has 0 unspecified atom stereocenters. The molecule has 1 aliphatic rings. The molecule has 0 aliphatic carbocycles. The third-order valence-corrected chi connectivity index (χ3v) is 34.1. The number of benzene rings is 2. The highest BCUT2D eigenvalue weighted by Crippen LogP contribution is 2.50. The number of hydrogen-bond donors (Lipinski definition) is 0. The first-order valence-corrected chi connectivity index (χ1v) is 30.5. The van der Waals surface area contributed by atoms with Crippen molar-refractivity contribution in [3.05, 3.63) is 71.9 Å². The average Bonchev–Trinajstić information content (AvgIpc) is 3.53. The van der Waals surface area contributed by atoms with Gasteiger partial charge in [0.05, 0.1) is 28.8 Å². The number of aryl methyl sites for hydroxylation is 1. The van der Waals surface area contributed by atoms with E-state index in [1.807, 2.05) is 49.4 Å². The van der Waals surface area contributed by atoms with Crippen LogP contribution in [-0.4, -0.2) is 62.3 Å². The normalized spacial score (nSPS) is 18.9. The van der Waals surface area contributed by atoms with Gasteiger partial charge in [-0.15, -0.1) is 0 Å². The van der Waals surface area contributed by atoms with E-state index in [-0.39, 0.29) is 4.90 Å². The van der Waals surface area contributed by atoms with Crippen molar-refractivity contribution in [2.24, 2.45) is 0 Å². The van der Waals surface area contributed by atoms with Crippen LogP contribution in [0.2, 0.25) is 49.9 Å². The van der Waals surface area contributed by atoms with Crippen molar-refractivity contribution in [2.75, 3.05) is 6.61 Å². The van der Waals surface area contributed by atoms with Gasteiger partial charge in [-0.3, -0.25) is 0 Å². The number of ether oxygens (including phenoxy) is 1. The molecule has 0 bridgehead atoms. The SMILES string of the molecule is Cc1ccc(S(=O)(=O)n2c(C3=C[C@@H](O[Si](C(C)C)(C(C)C)C(C)C)[C@H](O[Si](C(C)C)(C(C)C)C(C)C)[C@@H](CO[Si](C(C)C)(C(C)C)C(C)C)O3)cc3ccccc32)cc1. The molecule has 7 nitrogen and oxygen atoms in total. The first kappa shape index (κ1) is 49.7. The van der Waals surface area contributed by atoms with Gasteiger partial charge >= 0.3 is 0 Å². The standard InChI is InChI=1S/C48H81NO6SSi3/c1-31(2)57(32(3)4,33(5)6)52-30-47-48(55-59(37(13)14,38(15)16)39(17)18)46(54-58(34(7)8,35(9)10)36(11)12)29-45(53-47)44-28-41-22-20-21-23-43(41)49(44)56(50,51)42-26-24-40(19)25-27-42/h20-29,31-39,46-48H,30H2,1-19H3/t46-,47-,48+/m1/s1. The van der Waals surface area contributed by atoms with Crippen molar-refractivity contribution in [2.45, 2.75) is 205 Å². The number of fused-ring (bicyclic) bond motifs is 1. The molecule has 2 heterocycles. The molecule has 0 fully saturated rings. The lowest BCUT2D eigenvalue weighted by molar-refractivity contribution is -0.0622. The van der Waals surface area contributed by atoms with E-state index in [1.54, 1.807) is 12.1 Å². The summed E-state index contributed by atoms with van der Waals surface area (Å²) in [6, 6.07) is 16.8. The molecule has 0 spiro atoms. The smallest absolute Gasteiger partial charge is 0.268 e. The van der Waals surface area contributed by atoms with Crippen LogP contribution < -0.4 is 0 Å². The van der Waals surface area contributed by atoms with Crippen LogP contribution in [0.5, 0.6) is 0 Å². The second-order valence-electron chi connectivity index (χ2n) is 20.3. The molecule has 0 saturated heterocycles. The Bertz CT molecular complexity index is 1920. The minimum atomic E-state index is -4.06. The van der Waals surface area contributed by atoms with Crippen LogP contribution in [0.25, 0.3) is 16.7 Å². The lowest BCUT2D eigenvalue weighted by atomic mass is 10.0. The van der Waals surface area contributed by atoms with Crippen molar-refractivity contribution in [3.8, 4) is 0 Å². The van der Waals surface area contributed by atoms with Gasteiger partial charge in [0.2, 0.25) is 25.0 Å². The van der Waals surface area contributed by atoms with E-state index < -0.39 is 53.3 Å². The highest BCUT2D eigenvalue weighted by molar-refractivity contribution is 7.90. The number of aromatic nitrogens is 1. The minimum Gasteiger partial charge on any atom is -0.483 e. The number of nitrogens with zero attached hydrogens (tertiary/aromatic N) is 1. The van der Waals surface area contributed by atoms with Gasteiger partial charge in [-0.05, 0) is 87.1 Å². The number of hydrogen-bond acceptors (Lipinski definition) is 6. The molecule has 3 aromatic rings. The molecule has 1 aliphatic heterocycles. The Kier molecular flexibility index (Phi) is 16.1. The van der Waals surface area contributed by atoms with Crippen molar-refractivity contribution < 1.29 is 26.4 Å². The highest BCUT2D eigenvalue weighted by Gasteiger charge is 2.55. The van der Waals surface area contributed by atoms with Crippen molar-refractivity contribution >= 4 is 51.6 Å². The van der Waals surface area contributed by atoms with Crippen LogP contribution in [0.4, 0.5) is 0 Å². The topological polar surface area (TPSA) is 76.0 Å². The average molecular weight is 885 g/mol. The van der Waals surface area contributed by atoms with Gasteiger partial charge in [-0.2, -0.15) is 0 Å². The molecule has 0 saturated carbocycles. The molecular weight excluding hydrogens is 803 g/mol. The molecule has 59 heavy (non-hydrogen) atoms. The third kappa shape index (κ3) is 9.23. The van der Waals surface area contributed by atoms with Crippen LogP contribution in [-0.2, 0) is 28.0 Å². The molecule has 0 N–H and O–H groups in total. The molecule has 3 atom stereocenters. The predicted octanol–water partition coefficient (Wildman–Crippen LogP) is 14.2. The molecular formula is C48H81NO6SSi3. The highest BCUT2D eigenvalue weighted by atomic mass is 32.2. The third-order valence-electron chi connectivity index (χ3n) is 14.1. The fourth-order valence-electron chi connectivity index (χ4n) is 11.6. The van der Waals surface area contributed by atoms with E-state index in [0.29, 0.717) is 73.4 Å².